The molecule has 6 heteroatoms. The van der Waals surface area contributed by atoms with Crippen LogP contribution in [0, 0.1) is 0 Å². The van der Waals surface area contributed by atoms with Gasteiger partial charge in [-0.1, -0.05) is 29.8 Å². The molecule has 0 aliphatic heterocycles. The normalized spacial score (nSPS) is 11.0. The molecule has 102 valence electrons. The van der Waals surface area contributed by atoms with Crippen LogP contribution in [0.25, 0.3) is 0 Å². The average molecular weight is 353 g/mol. The number of para-hydroxylation sites is 1. The van der Waals surface area contributed by atoms with Gasteiger partial charge in [0, 0.05) is 10.7 Å². The van der Waals surface area contributed by atoms with Crippen LogP contribution in [0.4, 0.5) is 11.4 Å². The number of halogens is 2. The van der Waals surface area contributed by atoms with E-state index in [0.29, 0.717) is 10.7 Å². The molecule has 4 nitrogen and oxygen atoms in total. The molecule has 0 spiro atoms. The van der Waals surface area contributed by atoms with E-state index in [9.17, 15) is 4.79 Å². The Hall–Kier alpha value is -1.85. The van der Waals surface area contributed by atoms with Crippen LogP contribution in [-0.4, -0.2) is 10.5 Å². The molecule has 0 fully saturated rings. The second-order valence-corrected chi connectivity index (χ2v) is 5.03. The summed E-state index contributed by atoms with van der Waals surface area (Å²) in [5, 5.41) is 7.30. The van der Waals surface area contributed by atoms with Gasteiger partial charge in [0.05, 0.1) is 5.69 Å². The zero-order valence-corrected chi connectivity index (χ0v) is 12.6. The molecule has 0 atom stereocenters. The van der Waals surface area contributed by atoms with Gasteiger partial charge in [0.15, 0.2) is 4.62 Å². The predicted molar refractivity (Wildman–Crippen MR) is 86.5 cm³/mol. The van der Waals surface area contributed by atoms with Crippen molar-refractivity contribution in [1.82, 2.24) is 0 Å². The zero-order valence-electron chi connectivity index (χ0n) is 10.3. The molecule has 0 saturated heterocycles. The van der Waals surface area contributed by atoms with Gasteiger partial charge in [0.2, 0.25) is 0 Å². The Balaban J connectivity index is 1.96. The summed E-state index contributed by atoms with van der Waals surface area (Å²) in [5.41, 5.74) is 4.20. The van der Waals surface area contributed by atoms with Crippen LogP contribution in [0.15, 0.2) is 59.7 Å². The topological polar surface area (TPSA) is 53.5 Å². The van der Waals surface area contributed by atoms with Gasteiger partial charge in [-0.05, 0) is 52.3 Å². The lowest BCUT2D eigenvalue weighted by Crippen LogP contribution is -2.19. The molecule has 0 saturated carbocycles. The molecule has 20 heavy (non-hydrogen) atoms. The van der Waals surface area contributed by atoms with Crippen LogP contribution in [0.1, 0.15) is 0 Å². The number of carbonyl (C=O) groups excluding carboxylic acids is 1. The Kier molecular flexibility index (Phi) is 5.15. The number of carbonyl (C=O) groups is 1. The number of hydrazone groups is 1. The van der Waals surface area contributed by atoms with E-state index in [2.05, 4.69) is 31.8 Å². The maximum atomic E-state index is 11.8. The van der Waals surface area contributed by atoms with Crippen LogP contribution < -0.4 is 10.7 Å². The summed E-state index contributed by atoms with van der Waals surface area (Å²) in [5.74, 6) is -0.335. The third-order valence-corrected chi connectivity index (χ3v) is 3.14. The van der Waals surface area contributed by atoms with E-state index in [1.165, 1.54) is 0 Å². The first-order chi connectivity index (χ1) is 9.65. The summed E-state index contributed by atoms with van der Waals surface area (Å²) in [6.07, 6.45) is 0. The van der Waals surface area contributed by atoms with Gasteiger partial charge >= 0.3 is 0 Å². The fourth-order valence-corrected chi connectivity index (χ4v) is 1.71. The van der Waals surface area contributed by atoms with Crippen LogP contribution in [0.3, 0.4) is 0 Å². The van der Waals surface area contributed by atoms with E-state index in [-0.39, 0.29) is 10.5 Å². The van der Waals surface area contributed by atoms with Gasteiger partial charge in [-0.2, -0.15) is 5.10 Å². The molecule has 0 heterocycles. The second-order valence-electron chi connectivity index (χ2n) is 3.84. The van der Waals surface area contributed by atoms with Gasteiger partial charge in [-0.3, -0.25) is 10.2 Å². The number of amides is 1. The fraction of sp³-hybridized carbons (Fsp3) is 0. The lowest BCUT2D eigenvalue weighted by atomic mass is 10.3. The minimum absolute atomic E-state index is 0.149. The monoisotopic (exact) mass is 351 g/mol. The van der Waals surface area contributed by atoms with Crippen LogP contribution >= 0.6 is 27.5 Å². The van der Waals surface area contributed by atoms with Crippen LogP contribution in [0.5, 0.6) is 0 Å². The molecule has 0 bridgehead atoms. The third-order valence-electron chi connectivity index (χ3n) is 2.35. The highest BCUT2D eigenvalue weighted by molar-refractivity contribution is 9.19. The minimum atomic E-state index is -0.335. The van der Waals surface area contributed by atoms with Crippen molar-refractivity contribution in [2.45, 2.75) is 0 Å². The highest BCUT2D eigenvalue weighted by atomic mass is 79.9. The van der Waals surface area contributed by atoms with E-state index in [4.69, 9.17) is 11.6 Å². The van der Waals surface area contributed by atoms with Crippen molar-refractivity contribution in [3.8, 4) is 0 Å². The lowest BCUT2D eigenvalue weighted by Gasteiger charge is -2.04. The van der Waals surface area contributed by atoms with Gasteiger partial charge in [-0.25, -0.2) is 0 Å². The van der Waals surface area contributed by atoms with Crippen molar-refractivity contribution in [3.05, 3.63) is 59.6 Å². The molecule has 0 radical (unpaired) electrons. The van der Waals surface area contributed by atoms with Gasteiger partial charge < -0.3 is 5.32 Å². The summed E-state index contributed by atoms with van der Waals surface area (Å²) in [4.78, 5) is 11.8. The Bertz CT molecular complexity index is 614. The number of benzene rings is 2. The minimum Gasteiger partial charge on any atom is -0.320 e. The summed E-state index contributed by atoms with van der Waals surface area (Å²) in [6, 6.07) is 16.1. The maximum absolute atomic E-state index is 11.8. The summed E-state index contributed by atoms with van der Waals surface area (Å²) >= 11 is 8.90. The van der Waals surface area contributed by atoms with Crippen molar-refractivity contribution in [1.29, 1.82) is 0 Å². The van der Waals surface area contributed by atoms with Crippen LogP contribution in [-0.2, 0) is 4.79 Å². The van der Waals surface area contributed by atoms with E-state index in [1.807, 2.05) is 18.2 Å². The average Bonchev–Trinajstić information content (AvgIpc) is 2.47. The third kappa shape index (κ3) is 4.36. The molecule has 2 aromatic rings. The van der Waals surface area contributed by atoms with Crippen molar-refractivity contribution in [2.75, 3.05) is 10.7 Å². The van der Waals surface area contributed by atoms with Crippen LogP contribution in [0.2, 0.25) is 5.02 Å². The Labute approximate surface area is 130 Å². The summed E-state index contributed by atoms with van der Waals surface area (Å²) in [6.45, 7) is 0. The molecule has 0 aliphatic rings. The molecular formula is C14H11BrClN3O. The SMILES string of the molecule is O=C(Nc1ccccc1)/C(Br)=N/Nc1ccc(Cl)cc1. The van der Waals surface area contributed by atoms with E-state index < -0.39 is 0 Å². The number of hydrogen-bond acceptors (Lipinski definition) is 3. The second kappa shape index (κ2) is 7.07. The number of anilines is 2. The maximum Gasteiger partial charge on any atom is 0.283 e. The first kappa shape index (κ1) is 14.6. The Morgan fingerprint density at radius 2 is 1.65 bits per heavy atom. The summed E-state index contributed by atoms with van der Waals surface area (Å²) in [7, 11) is 0. The lowest BCUT2D eigenvalue weighted by molar-refractivity contribution is -0.110. The standard InChI is InChI=1S/C14H11BrClN3O/c15-13(14(20)17-11-4-2-1-3-5-11)19-18-12-8-6-10(16)7-9-12/h1-9,18H,(H,17,20)/b19-13-. The summed E-state index contributed by atoms with van der Waals surface area (Å²) < 4.78 is 0.149. The smallest absolute Gasteiger partial charge is 0.283 e. The molecule has 2 rings (SSSR count). The Morgan fingerprint density at radius 3 is 2.30 bits per heavy atom. The molecule has 0 aromatic heterocycles. The molecule has 2 N–H and O–H groups in total. The quantitative estimate of drug-likeness (QED) is 0.643. The van der Waals surface area contributed by atoms with E-state index in [0.717, 1.165) is 5.69 Å². The molecular weight excluding hydrogens is 342 g/mol. The van der Waals surface area contributed by atoms with Gasteiger partial charge in [-0.15, -0.1) is 0 Å². The predicted octanol–water partition coefficient (Wildman–Crippen LogP) is 4.10. The highest BCUT2D eigenvalue weighted by Crippen LogP contribution is 2.13. The van der Waals surface area contributed by atoms with Crippen molar-refractivity contribution < 1.29 is 4.79 Å². The van der Waals surface area contributed by atoms with Crippen molar-refractivity contribution >= 4 is 49.4 Å². The van der Waals surface area contributed by atoms with Gasteiger partial charge in [0.25, 0.3) is 5.91 Å². The first-order valence-electron chi connectivity index (χ1n) is 5.76. The van der Waals surface area contributed by atoms with E-state index >= 15 is 0 Å². The molecule has 1 amide bonds. The molecule has 2 aromatic carbocycles. The fourth-order valence-electron chi connectivity index (χ4n) is 1.39. The van der Waals surface area contributed by atoms with Gasteiger partial charge in [0.1, 0.15) is 0 Å². The van der Waals surface area contributed by atoms with E-state index in [1.54, 1.807) is 36.4 Å². The highest BCUT2D eigenvalue weighted by Gasteiger charge is 2.07. The number of nitrogens with zero attached hydrogens (tertiary/aromatic N) is 1. The zero-order chi connectivity index (χ0) is 14.4. The number of hydrogen-bond donors (Lipinski definition) is 2. The molecule has 0 aliphatic carbocycles. The van der Waals surface area contributed by atoms with Crippen molar-refractivity contribution in [2.24, 2.45) is 5.10 Å². The largest absolute Gasteiger partial charge is 0.320 e. The molecule has 0 unspecified atom stereocenters. The Morgan fingerprint density at radius 1 is 1.00 bits per heavy atom. The number of nitrogens with one attached hydrogen (secondary N) is 2. The number of rotatable bonds is 4. The first-order valence-corrected chi connectivity index (χ1v) is 6.93. The van der Waals surface area contributed by atoms with Crippen molar-refractivity contribution in [3.63, 3.8) is 0 Å².